The van der Waals surface area contributed by atoms with Gasteiger partial charge in [-0.3, -0.25) is 19.2 Å². The van der Waals surface area contributed by atoms with Gasteiger partial charge in [0.15, 0.2) is 21.7 Å². The number of halogens is 12. The lowest BCUT2D eigenvalue weighted by Gasteiger charge is -2.19. The van der Waals surface area contributed by atoms with E-state index in [-0.39, 0.29) is 99.4 Å². The fourth-order valence-electron chi connectivity index (χ4n) is 9.37. The summed E-state index contributed by atoms with van der Waals surface area (Å²) in [5.41, 5.74) is -11.5. The first-order valence-corrected chi connectivity index (χ1v) is 20.0. The van der Waals surface area contributed by atoms with Gasteiger partial charge in [0.2, 0.25) is 0 Å². The summed E-state index contributed by atoms with van der Waals surface area (Å²) < 4.78 is 171. The molecule has 4 heterocycles. The number of fused-ring (bicyclic) bond motifs is 8. The van der Waals surface area contributed by atoms with Crippen LogP contribution >= 0.6 is 0 Å². The van der Waals surface area contributed by atoms with Gasteiger partial charge in [0.1, 0.15) is 0 Å². The van der Waals surface area contributed by atoms with Gasteiger partial charge in [-0.25, -0.2) is 0 Å². The zero-order valence-corrected chi connectivity index (χ0v) is 33.6. The molecule has 18 heteroatoms. The zero-order chi connectivity index (χ0) is 48.3. The molecule has 0 spiro atoms. The Morgan fingerprint density at radius 1 is 0.279 bits per heavy atom. The van der Waals surface area contributed by atoms with E-state index in [0.29, 0.717) is 24.3 Å². The summed E-state index contributed by atoms with van der Waals surface area (Å²) in [4.78, 5) is 58.4. The first kappa shape index (κ1) is 42.6. The molecule has 0 unspecified atom stereocenters. The molecule has 0 atom stereocenters. The van der Waals surface area contributed by atoms with Crippen molar-refractivity contribution >= 4 is 76.2 Å². The van der Waals surface area contributed by atoms with Crippen LogP contribution in [0.3, 0.4) is 0 Å². The van der Waals surface area contributed by atoms with Crippen molar-refractivity contribution in [3.8, 4) is 22.3 Å². The molecule has 0 aliphatic carbocycles. The van der Waals surface area contributed by atoms with Crippen molar-refractivity contribution in [1.29, 1.82) is 0 Å². The van der Waals surface area contributed by atoms with Gasteiger partial charge in [0.25, 0.3) is 0 Å². The highest BCUT2D eigenvalue weighted by molar-refractivity contribution is 6.14. The molecule has 0 bridgehead atoms. The number of alkyl halides is 12. The first-order chi connectivity index (χ1) is 31.9. The Morgan fingerprint density at radius 2 is 0.559 bits per heavy atom. The van der Waals surface area contributed by atoms with Crippen LogP contribution in [0.2, 0.25) is 0 Å². The molecule has 0 amide bonds. The molecule has 0 aliphatic heterocycles. The molecule has 0 saturated carbocycles. The van der Waals surface area contributed by atoms with Gasteiger partial charge in [0, 0.05) is 43.1 Å². The summed E-state index contributed by atoms with van der Waals surface area (Å²) >= 11 is 0. The number of para-hydroxylation sites is 2. The van der Waals surface area contributed by atoms with E-state index in [4.69, 9.17) is 0 Å². The highest BCUT2D eigenvalue weighted by atomic mass is 19.4. The Bertz CT molecular complexity index is 3970. The summed E-state index contributed by atoms with van der Waals surface area (Å²) in [7, 11) is 0. The van der Waals surface area contributed by atoms with Crippen LogP contribution in [0, 0.1) is 0 Å². The third-order valence-corrected chi connectivity index (χ3v) is 12.4. The largest absolute Gasteiger partial charge is 0.416 e. The van der Waals surface area contributed by atoms with Gasteiger partial charge in [-0.05, 0) is 119 Å². The van der Waals surface area contributed by atoms with Crippen molar-refractivity contribution in [2.45, 2.75) is 24.7 Å². The maximum atomic E-state index is 14.9. The van der Waals surface area contributed by atoms with E-state index < -0.39 is 79.8 Å². The molecule has 11 rings (SSSR count). The lowest BCUT2D eigenvalue weighted by molar-refractivity contribution is -0.144. The summed E-state index contributed by atoms with van der Waals surface area (Å²) in [5.74, 6) is 0. The van der Waals surface area contributed by atoms with Crippen molar-refractivity contribution in [1.82, 2.24) is 8.80 Å². The van der Waals surface area contributed by atoms with Gasteiger partial charge in [0.05, 0.1) is 55.4 Å². The predicted molar refractivity (Wildman–Crippen MR) is 232 cm³/mol. The molecule has 11 aromatic rings. The van der Waals surface area contributed by atoms with Gasteiger partial charge < -0.3 is 8.80 Å². The summed E-state index contributed by atoms with van der Waals surface area (Å²) in [5, 5.41) is -1.64. The van der Waals surface area contributed by atoms with Gasteiger partial charge in [-0.1, -0.05) is 24.3 Å². The molecule has 0 saturated heterocycles. The average Bonchev–Trinajstić information content (AvgIpc) is 3.29. The van der Waals surface area contributed by atoms with E-state index in [1.807, 2.05) is 0 Å². The van der Waals surface area contributed by atoms with E-state index in [0.717, 1.165) is 30.3 Å². The van der Waals surface area contributed by atoms with Crippen LogP contribution < -0.4 is 21.7 Å². The second kappa shape index (κ2) is 13.8. The molecular weight excluding hydrogens is 921 g/mol. The zero-order valence-electron chi connectivity index (χ0n) is 33.6. The van der Waals surface area contributed by atoms with Crippen molar-refractivity contribution < 1.29 is 52.7 Å². The molecular formula is C50H20F12N2O4. The number of hydrogen-bond donors (Lipinski definition) is 0. The predicted octanol–water partition coefficient (Wildman–Crippen LogP) is 12.8. The van der Waals surface area contributed by atoms with E-state index in [1.54, 1.807) is 12.1 Å². The second-order valence-corrected chi connectivity index (χ2v) is 16.3. The summed E-state index contributed by atoms with van der Waals surface area (Å²) in [6, 6.07) is 20.6. The lowest BCUT2D eigenvalue weighted by Crippen LogP contribution is -2.17. The van der Waals surface area contributed by atoms with Crippen LogP contribution in [0.25, 0.3) is 98.4 Å². The number of hydrogen-bond acceptors (Lipinski definition) is 4. The fraction of sp³-hybridized carbons (Fsp3) is 0.0800. The van der Waals surface area contributed by atoms with Crippen LogP contribution in [0.15, 0.2) is 141 Å². The topological polar surface area (TPSA) is 77.1 Å². The molecule has 68 heavy (non-hydrogen) atoms. The molecule has 0 N–H and O–H groups in total. The highest BCUT2D eigenvalue weighted by Gasteiger charge is 2.39. The average molecular weight is 941 g/mol. The van der Waals surface area contributed by atoms with Crippen LogP contribution in [-0.4, -0.2) is 8.80 Å². The quantitative estimate of drug-likeness (QED) is 0.0983. The molecule has 7 aromatic carbocycles. The minimum absolute atomic E-state index is 0.0227. The van der Waals surface area contributed by atoms with Crippen molar-refractivity contribution in [2.24, 2.45) is 0 Å². The Labute approximate surface area is 368 Å². The molecule has 4 aromatic heterocycles. The number of rotatable bonds is 2. The van der Waals surface area contributed by atoms with Crippen LogP contribution in [0.4, 0.5) is 52.7 Å². The molecule has 6 nitrogen and oxygen atoms in total. The molecule has 0 aliphatic rings. The maximum absolute atomic E-state index is 14.9. The first-order valence-electron chi connectivity index (χ1n) is 20.0. The van der Waals surface area contributed by atoms with Gasteiger partial charge >= 0.3 is 24.7 Å². The minimum atomic E-state index is -5.24. The maximum Gasteiger partial charge on any atom is 0.416 e. The lowest BCUT2D eigenvalue weighted by atomic mass is 9.93. The van der Waals surface area contributed by atoms with E-state index >= 15 is 0 Å². The van der Waals surface area contributed by atoms with E-state index in [1.165, 1.54) is 51.3 Å². The third-order valence-electron chi connectivity index (χ3n) is 12.4. The Balaban J connectivity index is 1.31. The smallest absolute Gasteiger partial charge is 0.307 e. The van der Waals surface area contributed by atoms with Crippen LogP contribution in [0.1, 0.15) is 22.3 Å². The van der Waals surface area contributed by atoms with Crippen LogP contribution in [-0.2, 0) is 24.7 Å². The number of pyridine rings is 4. The highest BCUT2D eigenvalue weighted by Crippen LogP contribution is 2.43. The number of benzene rings is 7. The Hall–Kier alpha value is -8.02. The Morgan fingerprint density at radius 3 is 0.868 bits per heavy atom. The van der Waals surface area contributed by atoms with E-state index in [9.17, 15) is 71.9 Å². The van der Waals surface area contributed by atoms with E-state index in [2.05, 4.69) is 0 Å². The monoisotopic (exact) mass is 940 g/mol. The van der Waals surface area contributed by atoms with Gasteiger partial charge in [-0.15, -0.1) is 0 Å². The van der Waals surface area contributed by atoms with Crippen molar-refractivity contribution in [3.63, 3.8) is 0 Å². The molecule has 338 valence electrons. The number of nitrogens with zero attached hydrogens (tertiary/aromatic N) is 2. The van der Waals surface area contributed by atoms with Crippen molar-refractivity contribution in [3.05, 3.63) is 184 Å². The molecule has 0 fully saturated rings. The fourth-order valence-corrected chi connectivity index (χ4v) is 9.37. The third kappa shape index (κ3) is 6.22. The minimum Gasteiger partial charge on any atom is -0.307 e. The van der Waals surface area contributed by atoms with Gasteiger partial charge in [-0.2, -0.15) is 52.7 Å². The second-order valence-electron chi connectivity index (χ2n) is 16.3. The Kier molecular flexibility index (Phi) is 8.63. The molecule has 0 radical (unpaired) electrons. The SMILES string of the molecule is O=c1c2ccccc2n2c3cc4c(cc3c(=O)c3cc(-c5cc(C(F)(F)F)cc(C(F)(F)F)c5)cc1c32)c(=O)c1cc(-c2cc(C(F)(F)F)cc(C(F)(F)F)c2)cc2c(=O)c3ccccc3n4c21. The van der Waals surface area contributed by atoms with Crippen LogP contribution in [0.5, 0.6) is 0 Å². The van der Waals surface area contributed by atoms with Crippen molar-refractivity contribution in [2.75, 3.05) is 0 Å². The standard InChI is InChI=1S/C50H20F12N2O4/c51-47(52,53)25-9-21(10-26(17-25)48(54,55)56)23-13-33-41-35(15-23)45(67)31-19-32-40(20-39(31)63(41)37-7-3-1-5-29(37)43(33)65)64-38-8-4-2-6-30(38)44(66)34-14-24(16-36(42(34)64)46(32)68)22-11-27(49(57,58)59)18-28(12-22)50(60,61)62/h1-20H. The number of aromatic nitrogens is 2. The summed E-state index contributed by atoms with van der Waals surface area (Å²) in [6.07, 6.45) is -21.0. The normalized spacial score (nSPS) is 13.2. The summed E-state index contributed by atoms with van der Waals surface area (Å²) in [6.45, 7) is 0.